The molecule has 0 fully saturated rings. The molecule has 2 rings (SSSR count). The van der Waals surface area contributed by atoms with Crippen LogP contribution < -0.4 is 4.74 Å². The van der Waals surface area contributed by atoms with Crippen molar-refractivity contribution in [2.45, 2.75) is 32.8 Å². The van der Waals surface area contributed by atoms with E-state index >= 15 is 0 Å². The van der Waals surface area contributed by atoms with E-state index in [1.54, 1.807) is 6.20 Å². The summed E-state index contributed by atoms with van der Waals surface area (Å²) in [5.74, 6) is 0.988. The van der Waals surface area contributed by atoms with Crippen molar-refractivity contribution in [1.82, 2.24) is 4.98 Å². The fourth-order valence-corrected chi connectivity index (χ4v) is 2.00. The van der Waals surface area contributed by atoms with Crippen molar-refractivity contribution in [2.24, 2.45) is 0 Å². The molecule has 3 heteroatoms. The Labute approximate surface area is 120 Å². The third-order valence-electron chi connectivity index (χ3n) is 3.10. The first kappa shape index (κ1) is 14.1. The van der Waals surface area contributed by atoms with E-state index in [9.17, 15) is 0 Å². The van der Waals surface area contributed by atoms with Crippen LogP contribution in [0.15, 0.2) is 42.6 Å². The predicted octanol–water partition coefficient (Wildman–Crippen LogP) is 4.57. The second-order valence-electron chi connectivity index (χ2n) is 5.01. The van der Waals surface area contributed by atoms with Gasteiger partial charge in [0.1, 0.15) is 5.75 Å². The van der Waals surface area contributed by atoms with Crippen LogP contribution in [0.4, 0.5) is 5.69 Å². The molecule has 20 heavy (non-hydrogen) atoms. The molecular weight excluding hydrogens is 248 g/mol. The van der Waals surface area contributed by atoms with Gasteiger partial charge in [-0.3, -0.25) is 4.98 Å². The summed E-state index contributed by atoms with van der Waals surface area (Å²) >= 11 is 0. The van der Waals surface area contributed by atoms with Crippen molar-refractivity contribution in [1.29, 1.82) is 0 Å². The fourth-order valence-electron chi connectivity index (χ4n) is 2.00. The summed E-state index contributed by atoms with van der Waals surface area (Å²) in [5.41, 5.74) is 2.81. The molecule has 0 saturated heterocycles. The van der Waals surface area contributed by atoms with E-state index < -0.39 is 0 Å². The van der Waals surface area contributed by atoms with Crippen LogP contribution in [0.3, 0.4) is 0 Å². The molecule has 1 unspecified atom stereocenters. The Kier molecular flexibility index (Phi) is 4.37. The summed E-state index contributed by atoms with van der Waals surface area (Å²) in [6, 6.07) is 11.6. The maximum Gasteiger partial charge on any atom is 0.187 e. The maximum atomic E-state index is 6.96. The Hall–Kier alpha value is -2.34. The molecule has 102 valence electrons. The summed E-state index contributed by atoms with van der Waals surface area (Å²) in [4.78, 5) is 7.87. The first-order valence-corrected chi connectivity index (χ1v) is 6.70. The fraction of sp³-hybridized carbons (Fsp3) is 0.294. The van der Waals surface area contributed by atoms with Gasteiger partial charge < -0.3 is 4.74 Å². The highest BCUT2D eigenvalue weighted by molar-refractivity contribution is 5.46. The van der Waals surface area contributed by atoms with Gasteiger partial charge in [0, 0.05) is 11.6 Å². The Morgan fingerprint density at radius 1 is 1.05 bits per heavy atom. The number of ether oxygens (including phenoxy) is 1. The molecule has 0 bridgehead atoms. The zero-order valence-electron chi connectivity index (χ0n) is 12.0. The van der Waals surface area contributed by atoms with Gasteiger partial charge in [0.15, 0.2) is 5.69 Å². The summed E-state index contributed by atoms with van der Waals surface area (Å²) in [6.45, 7) is 13.1. The molecule has 0 aliphatic carbocycles. The van der Waals surface area contributed by atoms with Crippen molar-refractivity contribution in [2.75, 3.05) is 0 Å². The zero-order chi connectivity index (χ0) is 14.5. The quantitative estimate of drug-likeness (QED) is 0.758. The van der Waals surface area contributed by atoms with Crippen LogP contribution >= 0.6 is 0 Å². The Morgan fingerprint density at radius 3 is 2.25 bits per heavy atom. The molecule has 3 nitrogen and oxygen atoms in total. The van der Waals surface area contributed by atoms with Gasteiger partial charge in [-0.2, -0.15) is 0 Å². The highest BCUT2D eigenvalue weighted by Crippen LogP contribution is 2.25. The molecule has 0 radical (unpaired) electrons. The molecule has 0 amide bonds. The number of aromatic nitrogens is 1. The standard InChI is InChI=1S/C17H18N2O/c1-12(2)20-16-9-10-17(19-11-16)13(3)14-5-7-15(18-4)8-6-14/h5-13H,1-3H3. The van der Waals surface area contributed by atoms with Crippen molar-refractivity contribution in [3.05, 3.63) is 65.3 Å². The van der Waals surface area contributed by atoms with Gasteiger partial charge in [0.25, 0.3) is 0 Å². The molecule has 1 atom stereocenters. The van der Waals surface area contributed by atoms with E-state index in [-0.39, 0.29) is 12.0 Å². The summed E-state index contributed by atoms with van der Waals surface area (Å²) in [7, 11) is 0. The minimum absolute atomic E-state index is 0.154. The maximum absolute atomic E-state index is 6.96. The summed E-state index contributed by atoms with van der Waals surface area (Å²) < 4.78 is 5.59. The smallest absolute Gasteiger partial charge is 0.187 e. The minimum Gasteiger partial charge on any atom is -0.489 e. The van der Waals surface area contributed by atoms with Crippen LogP contribution in [0.2, 0.25) is 0 Å². The molecule has 0 saturated carbocycles. The van der Waals surface area contributed by atoms with E-state index in [2.05, 4.69) is 16.8 Å². The van der Waals surface area contributed by atoms with Crippen molar-refractivity contribution >= 4 is 5.69 Å². The monoisotopic (exact) mass is 266 g/mol. The molecule has 2 aromatic rings. The largest absolute Gasteiger partial charge is 0.489 e. The van der Waals surface area contributed by atoms with Gasteiger partial charge in [-0.25, -0.2) is 4.85 Å². The van der Waals surface area contributed by atoms with Crippen LogP contribution in [0.5, 0.6) is 5.75 Å². The van der Waals surface area contributed by atoms with Crippen molar-refractivity contribution in [3.63, 3.8) is 0 Å². The van der Waals surface area contributed by atoms with Crippen LogP contribution in [-0.4, -0.2) is 11.1 Å². The van der Waals surface area contributed by atoms with E-state index in [1.165, 1.54) is 0 Å². The van der Waals surface area contributed by atoms with Crippen LogP contribution in [0.1, 0.15) is 37.9 Å². The third-order valence-corrected chi connectivity index (χ3v) is 3.10. The molecule has 1 aromatic carbocycles. The Bertz CT molecular complexity index is 594. The number of nitrogens with zero attached hydrogens (tertiary/aromatic N) is 2. The van der Waals surface area contributed by atoms with Crippen LogP contribution in [-0.2, 0) is 0 Å². The van der Waals surface area contributed by atoms with E-state index in [4.69, 9.17) is 11.3 Å². The predicted molar refractivity (Wildman–Crippen MR) is 80.2 cm³/mol. The van der Waals surface area contributed by atoms with Crippen molar-refractivity contribution < 1.29 is 4.74 Å². The average Bonchev–Trinajstić information content (AvgIpc) is 2.47. The lowest BCUT2D eigenvalue weighted by molar-refractivity contribution is 0.241. The Balaban J connectivity index is 2.15. The first-order chi connectivity index (χ1) is 9.60. The van der Waals surface area contributed by atoms with E-state index in [1.807, 2.05) is 50.2 Å². The molecular formula is C17H18N2O. The van der Waals surface area contributed by atoms with Gasteiger partial charge in [0.05, 0.1) is 18.9 Å². The lowest BCUT2D eigenvalue weighted by atomic mass is 9.97. The SMILES string of the molecule is [C-]#[N+]c1ccc(C(C)c2ccc(OC(C)C)cn2)cc1. The van der Waals surface area contributed by atoms with Gasteiger partial charge in [-0.1, -0.05) is 31.2 Å². The lowest BCUT2D eigenvalue weighted by Crippen LogP contribution is -2.06. The Morgan fingerprint density at radius 2 is 1.75 bits per heavy atom. The molecule has 0 aliphatic heterocycles. The van der Waals surface area contributed by atoms with Gasteiger partial charge >= 0.3 is 0 Å². The second-order valence-corrected chi connectivity index (χ2v) is 5.01. The van der Waals surface area contributed by atoms with Gasteiger partial charge in [-0.15, -0.1) is 0 Å². The lowest BCUT2D eigenvalue weighted by Gasteiger charge is -2.13. The van der Waals surface area contributed by atoms with Crippen LogP contribution in [0.25, 0.3) is 4.85 Å². The molecule has 1 aromatic heterocycles. The van der Waals surface area contributed by atoms with Gasteiger partial charge in [-0.05, 0) is 31.5 Å². The average molecular weight is 266 g/mol. The number of hydrogen-bond acceptors (Lipinski definition) is 2. The molecule has 1 heterocycles. The molecule has 0 spiro atoms. The third kappa shape index (κ3) is 3.36. The minimum atomic E-state index is 0.154. The summed E-state index contributed by atoms with van der Waals surface area (Å²) in [5, 5.41) is 0. The molecule has 0 aliphatic rings. The van der Waals surface area contributed by atoms with Crippen molar-refractivity contribution in [3.8, 4) is 5.75 Å². The topological polar surface area (TPSA) is 26.5 Å². The number of benzene rings is 1. The highest BCUT2D eigenvalue weighted by atomic mass is 16.5. The van der Waals surface area contributed by atoms with E-state index in [0.717, 1.165) is 17.0 Å². The van der Waals surface area contributed by atoms with E-state index in [0.29, 0.717) is 5.69 Å². The number of hydrogen-bond donors (Lipinski definition) is 0. The first-order valence-electron chi connectivity index (χ1n) is 6.70. The number of pyridine rings is 1. The molecule has 0 N–H and O–H groups in total. The van der Waals surface area contributed by atoms with Crippen LogP contribution in [0, 0.1) is 6.57 Å². The summed E-state index contributed by atoms with van der Waals surface area (Å²) in [6.07, 6.45) is 1.92. The highest BCUT2D eigenvalue weighted by Gasteiger charge is 2.10. The van der Waals surface area contributed by atoms with Gasteiger partial charge in [0.2, 0.25) is 0 Å². The zero-order valence-corrected chi connectivity index (χ0v) is 12.0. The normalized spacial score (nSPS) is 11.9. The second kappa shape index (κ2) is 6.21. The number of rotatable bonds is 4.